The van der Waals surface area contributed by atoms with Crippen LogP contribution in [0.15, 0.2) is 303 Å². The highest BCUT2D eigenvalue weighted by atomic mass is 15.2. The number of benzene rings is 16. The Morgan fingerprint density at radius 2 is 0.610 bits per heavy atom. The van der Waals surface area contributed by atoms with Crippen LogP contribution in [-0.4, -0.2) is 37.9 Å². The van der Waals surface area contributed by atoms with Gasteiger partial charge in [-0.3, -0.25) is 9.13 Å². The summed E-state index contributed by atoms with van der Waals surface area (Å²) in [7, 11) is 0. The molecule has 0 saturated carbocycles. The molecule has 8 aromatic heterocycles. The summed E-state index contributed by atoms with van der Waals surface area (Å²) in [5.41, 5.74) is 19.5. The summed E-state index contributed by atoms with van der Waals surface area (Å²) < 4.78 is 9.69. The molecule has 8 nitrogen and oxygen atoms in total. The van der Waals surface area contributed by atoms with Crippen LogP contribution in [0.1, 0.15) is 0 Å². The van der Waals surface area contributed by atoms with Gasteiger partial charge in [0.05, 0.1) is 77.6 Å². The summed E-state index contributed by atoms with van der Waals surface area (Å²) in [6.07, 6.45) is 0. The topological polar surface area (TPSA) is 70.2 Å². The van der Waals surface area contributed by atoms with Crippen molar-refractivity contribution in [2.24, 2.45) is 0 Å². The first-order valence-corrected chi connectivity index (χ1v) is 34.3. The Balaban J connectivity index is 0.687. The summed E-state index contributed by atoms with van der Waals surface area (Å²) in [6, 6.07) is 111. The van der Waals surface area contributed by atoms with Crippen molar-refractivity contribution in [2.45, 2.75) is 0 Å². The van der Waals surface area contributed by atoms with Crippen molar-refractivity contribution in [3.05, 3.63) is 303 Å². The van der Waals surface area contributed by atoms with Crippen LogP contribution in [0.4, 0.5) is 0 Å². The zero-order valence-corrected chi connectivity index (χ0v) is 53.4. The van der Waals surface area contributed by atoms with Crippen molar-refractivity contribution in [3.8, 4) is 45.5 Å². The molecular weight excluding hydrogens is 1220 g/mol. The average molecular weight is 1270 g/mol. The molecule has 8 heteroatoms. The number of aromatic nitrogens is 8. The molecule has 0 fully saturated rings. The van der Waals surface area contributed by atoms with Gasteiger partial charge in [0, 0.05) is 86.5 Å². The fourth-order valence-corrected chi connectivity index (χ4v) is 17.9. The fourth-order valence-electron chi connectivity index (χ4n) is 17.9. The quantitative estimate of drug-likeness (QED) is 0.161. The van der Waals surface area contributed by atoms with Gasteiger partial charge in [-0.25, -0.2) is 19.9 Å². The maximum atomic E-state index is 5.77. The lowest BCUT2D eigenvalue weighted by molar-refractivity contribution is 1.02. The lowest BCUT2D eigenvalue weighted by atomic mass is 9.94. The molecule has 0 N–H and O–H groups in total. The Morgan fingerprint density at radius 1 is 0.190 bits per heavy atom. The van der Waals surface area contributed by atoms with Gasteiger partial charge in [-0.15, -0.1) is 0 Å². The standard InChI is InChI=1S/C92H50N8/c1-3-20-52(21-4-1)85-81-60-26-10-9-19-51(60)37-42-72(81)93-91(95-85)100-75-32-16-12-28-64(75)69-50-71-80-61-40-35-56(46-59(61)39-44-78(80)97-76-33-17-13-29-65(76)84(89(69)100)90(71)97)57-36-41-62-58(45-57)38-43-73-82(62)86(53-22-5-2-6-23-53)96-92(94-73)99-74-31-15-11-27-63(74)68-49-70-67-47-54-24-7-8-25-55(54)48-79(67)98-77-34-18-14-30-66(77)83(87(70)98)88(68)99/h1-50H. The van der Waals surface area contributed by atoms with E-state index in [4.69, 9.17) is 19.9 Å². The molecule has 0 spiro atoms. The largest absolute Gasteiger partial charge is 0.308 e. The molecule has 16 aromatic carbocycles. The van der Waals surface area contributed by atoms with Gasteiger partial charge in [0.1, 0.15) is 0 Å². The minimum Gasteiger partial charge on any atom is -0.308 e. The van der Waals surface area contributed by atoms with E-state index in [1.165, 1.54) is 114 Å². The van der Waals surface area contributed by atoms with E-state index < -0.39 is 0 Å². The number of fused-ring (bicyclic) bond motifs is 29. The predicted molar refractivity (Wildman–Crippen MR) is 417 cm³/mol. The first kappa shape index (κ1) is 52.7. The van der Waals surface area contributed by atoms with Crippen molar-refractivity contribution < 1.29 is 0 Å². The third kappa shape index (κ3) is 6.83. The first-order valence-electron chi connectivity index (χ1n) is 34.3. The smallest absolute Gasteiger partial charge is 0.235 e. The van der Waals surface area contributed by atoms with Gasteiger partial charge >= 0.3 is 0 Å². The van der Waals surface area contributed by atoms with Crippen molar-refractivity contribution in [2.75, 3.05) is 0 Å². The second-order valence-electron chi connectivity index (χ2n) is 27.2. The predicted octanol–water partition coefficient (Wildman–Crippen LogP) is 23.7. The molecule has 24 rings (SSSR count). The molecule has 0 unspecified atom stereocenters. The van der Waals surface area contributed by atoms with E-state index in [1.54, 1.807) is 0 Å². The van der Waals surface area contributed by atoms with Gasteiger partial charge in [0.15, 0.2) is 0 Å². The fraction of sp³-hybridized carbons (Fsp3) is 0. The monoisotopic (exact) mass is 1270 g/mol. The molecule has 0 aliphatic carbocycles. The van der Waals surface area contributed by atoms with Gasteiger partial charge in [0.2, 0.25) is 11.9 Å². The molecule has 0 aliphatic heterocycles. The maximum Gasteiger partial charge on any atom is 0.235 e. The van der Waals surface area contributed by atoms with Crippen molar-refractivity contribution in [1.29, 1.82) is 0 Å². The Morgan fingerprint density at radius 3 is 1.19 bits per heavy atom. The number of rotatable bonds is 5. The summed E-state index contributed by atoms with van der Waals surface area (Å²) in [6.45, 7) is 0. The van der Waals surface area contributed by atoms with E-state index in [2.05, 4.69) is 321 Å². The number of hydrogen-bond acceptors (Lipinski definition) is 4. The van der Waals surface area contributed by atoms with Gasteiger partial charge < -0.3 is 8.80 Å². The van der Waals surface area contributed by atoms with Crippen LogP contribution in [0.3, 0.4) is 0 Å². The van der Waals surface area contributed by atoms with Crippen molar-refractivity contribution in [1.82, 2.24) is 37.9 Å². The van der Waals surface area contributed by atoms with Crippen LogP contribution in [0.2, 0.25) is 0 Å². The van der Waals surface area contributed by atoms with Crippen molar-refractivity contribution >= 4 is 185 Å². The number of hydrogen-bond donors (Lipinski definition) is 0. The molecule has 0 bridgehead atoms. The zero-order chi connectivity index (χ0) is 64.7. The van der Waals surface area contributed by atoms with Gasteiger partial charge in [-0.2, -0.15) is 0 Å². The molecule has 0 radical (unpaired) electrons. The molecule has 458 valence electrons. The van der Waals surface area contributed by atoms with E-state index >= 15 is 0 Å². The Kier molecular flexibility index (Phi) is 10.1. The SMILES string of the molecule is c1ccc(-c2nc(-n3c4ccccc4c4cc5c6cc7ccccc7cc6n6c7ccccc7c(c43)c56)nc3ccc4cc(-c5ccc6c(ccc7c6c6cc8c9ccccc9n(-c9nc(-c%10ccccc%10)c%10c(ccc%11ccccc%11%10)n9)c8c8c9ccccc9n7c68)c5)ccc4c23)cc1. The molecule has 8 heterocycles. The zero-order valence-electron chi connectivity index (χ0n) is 53.4. The summed E-state index contributed by atoms with van der Waals surface area (Å²) in [5, 5.41) is 25.9. The van der Waals surface area contributed by atoms with Gasteiger partial charge in [0.25, 0.3) is 0 Å². The highest BCUT2D eigenvalue weighted by Gasteiger charge is 2.30. The molecule has 0 atom stereocenters. The molecule has 0 amide bonds. The van der Waals surface area contributed by atoms with Crippen LogP contribution in [0, 0.1) is 0 Å². The van der Waals surface area contributed by atoms with E-state index in [1.807, 2.05) is 0 Å². The lowest BCUT2D eigenvalue weighted by Gasteiger charge is -2.15. The summed E-state index contributed by atoms with van der Waals surface area (Å²) in [5.74, 6) is 1.28. The van der Waals surface area contributed by atoms with Crippen molar-refractivity contribution in [3.63, 3.8) is 0 Å². The van der Waals surface area contributed by atoms with E-state index in [0.29, 0.717) is 11.9 Å². The van der Waals surface area contributed by atoms with Gasteiger partial charge in [-0.1, -0.05) is 224 Å². The Hall–Kier alpha value is -13.6. The van der Waals surface area contributed by atoms with Crippen LogP contribution in [-0.2, 0) is 0 Å². The second kappa shape index (κ2) is 19.1. The second-order valence-corrected chi connectivity index (χ2v) is 27.2. The third-order valence-corrected chi connectivity index (χ3v) is 22.1. The first-order chi connectivity index (χ1) is 49.6. The van der Waals surface area contributed by atoms with E-state index in [-0.39, 0.29) is 0 Å². The number of para-hydroxylation sites is 4. The van der Waals surface area contributed by atoms with Crippen LogP contribution < -0.4 is 0 Å². The normalized spacial score (nSPS) is 12.6. The van der Waals surface area contributed by atoms with Crippen LogP contribution in [0.25, 0.3) is 230 Å². The number of nitrogens with zero attached hydrogens (tertiary/aromatic N) is 8. The Labute approximate surface area is 568 Å². The Bertz CT molecular complexity index is 7770. The summed E-state index contributed by atoms with van der Waals surface area (Å²) in [4.78, 5) is 22.6. The molecule has 0 aliphatic rings. The minimum atomic E-state index is 0.639. The van der Waals surface area contributed by atoms with Crippen LogP contribution >= 0.6 is 0 Å². The van der Waals surface area contributed by atoms with Crippen LogP contribution in [0.5, 0.6) is 0 Å². The van der Waals surface area contributed by atoms with E-state index in [0.717, 1.165) is 104 Å². The minimum absolute atomic E-state index is 0.639. The van der Waals surface area contributed by atoms with E-state index in [9.17, 15) is 0 Å². The van der Waals surface area contributed by atoms with Gasteiger partial charge in [-0.05, 0) is 133 Å². The highest BCUT2D eigenvalue weighted by Crippen LogP contribution is 2.51. The summed E-state index contributed by atoms with van der Waals surface area (Å²) >= 11 is 0. The lowest BCUT2D eigenvalue weighted by Crippen LogP contribution is -2.04. The molecular formula is C92H50N8. The maximum absolute atomic E-state index is 5.77. The average Bonchev–Trinajstić information content (AvgIpc) is 1.52. The molecule has 24 aromatic rings. The highest BCUT2D eigenvalue weighted by molar-refractivity contribution is 6.38. The molecule has 0 saturated heterocycles. The third-order valence-electron chi connectivity index (χ3n) is 22.1. The molecule has 100 heavy (non-hydrogen) atoms.